The maximum Gasteiger partial charge on any atom is 0.222 e. The van der Waals surface area contributed by atoms with Gasteiger partial charge in [0.25, 0.3) is 0 Å². The molecule has 5 heteroatoms. The number of nitrogens with one attached hydrogen (secondary N) is 1. The molecule has 4 nitrogen and oxygen atoms in total. The quantitative estimate of drug-likeness (QED) is 0.781. The van der Waals surface area contributed by atoms with Crippen molar-refractivity contribution in [2.45, 2.75) is 25.4 Å². The molecule has 1 aliphatic rings. The fourth-order valence-corrected chi connectivity index (χ4v) is 3.10. The molecule has 2 aromatic carbocycles. The van der Waals surface area contributed by atoms with Crippen LogP contribution in [0.1, 0.15) is 35.2 Å². The SMILES string of the molecule is Cc1ccc([C@H]2C[C@H](c3ccc(F)cc3)Nc3ncnn32)cc1. The first kappa shape index (κ1) is 13.9. The molecule has 23 heavy (non-hydrogen) atoms. The van der Waals surface area contributed by atoms with E-state index in [0.29, 0.717) is 0 Å². The lowest BCUT2D eigenvalue weighted by Gasteiger charge is -2.31. The van der Waals surface area contributed by atoms with Crippen LogP contribution in [0.3, 0.4) is 0 Å². The van der Waals surface area contributed by atoms with E-state index >= 15 is 0 Å². The maximum absolute atomic E-state index is 13.2. The Hall–Kier alpha value is -2.69. The zero-order chi connectivity index (χ0) is 15.8. The number of nitrogens with zero attached hydrogens (tertiary/aromatic N) is 3. The third-order valence-corrected chi connectivity index (χ3v) is 4.37. The summed E-state index contributed by atoms with van der Waals surface area (Å²) in [6, 6.07) is 15.3. The first-order valence-corrected chi connectivity index (χ1v) is 7.69. The lowest BCUT2D eigenvalue weighted by molar-refractivity contribution is 0.430. The van der Waals surface area contributed by atoms with Crippen LogP contribution >= 0.6 is 0 Å². The monoisotopic (exact) mass is 308 g/mol. The summed E-state index contributed by atoms with van der Waals surface area (Å²) in [6.45, 7) is 2.08. The largest absolute Gasteiger partial charge is 0.348 e. The molecule has 116 valence electrons. The van der Waals surface area contributed by atoms with Crippen LogP contribution in [0.2, 0.25) is 0 Å². The maximum atomic E-state index is 13.2. The van der Waals surface area contributed by atoms with Gasteiger partial charge in [-0.25, -0.2) is 9.07 Å². The molecule has 0 aliphatic carbocycles. The van der Waals surface area contributed by atoms with Gasteiger partial charge in [-0.05, 0) is 36.6 Å². The van der Waals surface area contributed by atoms with Crippen molar-refractivity contribution in [1.29, 1.82) is 0 Å². The first-order chi connectivity index (χ1) is 11.2. The molecule has 0 saturated carbocycles. The summed E-state index contributed by atoms with van der Waals surface area (Å²) < 4.78 is 15.1. The zero-order valence-corrected chi connectivity index (χ0v) is 12.8. The molecule has 1 aliphatic heterocycles. The Morgan fingerprint density at radius 3 is 2.48 bits per heavy atom. The van der Waals surface area contributed by atoms with E-state index in [-0.39, 0.29) is 17.9 Å². The number of benzene rings is 2. The van der Waals surface area contributed by atoms with Gasteiger partial charge in [-0.2, -0.15) is 10.1 Å². The smallest absolute Gasteiger partial charge is 0.222 e. The number of halogens is 1. The van der Waals surface area contributed by atoms with Crippen LogP contribution in [0.5, 0.6) is 0 Å². The number of rotatable bonds is 2. The molecule has 0 fully saturated rings. The number of aryl methyl sites for hydroxylation is 1. The summed E-state index contributed by atoms with van der Waals surface area (Å²) in [5.74, 6) is 0.527. The summed E-state index contributed by atoms with van der Waals surface area (Å²) >= 11 is 0. The summed E-state index contributed by atoms with van der Waals surface area (Å²) in [5, 5.41) is 7.75. The summed E-state index contributed by atoms with van der Waals surface area (Å²) in [6.07, 6.45) is 2.40. The highest BCUT2D eigenvalue weighted by Gasteiger charge is 2.29. The van der Waals surface area contributed by atoms with Crippen molar-refractivity contribution < 1.29 is 4.39 Å². The predicted octanol–water partition coefficient (Wildman–Crippen LogP) is 3.87. The van der Waals surface area contributed by atoms with Crippen LogP contribution in [0, 0.1) is 12.7 Å². The lowest BCUT2D eigenvalue weighted by atomic mass is 9.93. The molecule has 0 saturated heterocycles. The topological polar surface area (TPSA) is 42.7 Å². The third kappa shape index (κ3) is 2.59. The molecule has 0 spiro atoms. The molecule has 1 N–H and O–H groups in total. The lowest BCUT2D eigenvalue weighted by Crippen LogP contribution is -2.28. The molecule has 0 radical (unpaired) electrons. The molecule has 0 bridgehead atoms. The highest BCUT2D eigenvalue weighted by molar-refractivity contribution is 5.38. The van der Waals surface area contributed by atoms with Gasteiger partial charge in [-0.1, -0.05) is 42.0 Å². The Labute approximate surface area is 134 Å². The summed E-state index contributed by atoms with van der Waals surface area (Å²) in [4.78, 5) is 4.31. The highest BCUT2D eigenvalue weighted by atomic mass is 19.1. The molecule has 2 heterocycles. The summed E-state index contributed by atoms with van der Waals surface area (Å²) in [5.41, 5.74) is 3.49. The van der Waals surface area contributed by atoms with Crippen LogP contribution in [-0.2, 0) is 0 Å². The van der Waals surface area contributed by atoms with E-state index in [2.05, 4.69) is 46.6 Å². The van der Waals surface area contributed by atoms with Gasteiger partial charge in [0.05, 0.1) is 12.1 Å². The minimum absolute atomic E-state index is 0.0820. The van der Waals surface area contributed by atoms with Gasteiger partial charge in [0.2, 0.25) is 5.95 Å². The molecule has 0 amide bonds. The minimum atomic E-state index is -0.220. The zero-order valence-electron chi connectivity index (χ0n) is 12.8. The van der Waals surface area contributed by atoms with E-state index in [1.165, 1.54) is 23.3 Å². The van der Waals surface area contributed by atoms with E-state index in [1.54, 1.807) is 6.33 Å². The van der Waals surface area contributed by atoms with Crippen molar-refractivity contribution in [3.05, 3.63) is 77.4 Å². The van der Waals surface area contributed by atoms with Gasteiger partial charge in [-0.15, -0.1) is 0 Å². The van der Waals surface area contributed by atoms with Crippen molar-refractivity contribution in [3.8, 4) is 0 Å². The number of hydrogen-bond donors (Lipinski definition) is 1. The van der Waals surface area contributed by atoms with Crippen molar-refractivity contribution >= 4 is 5.95 Å². The van der Waals surface area contributed by atoms with Crippen molar-refractivity contribution in [2.24, 2.45) is 0 Å². The van der Waals surface area contributed by atoms with E-state index in [4.69, 9.17) is 0 Å². The second-order valence-corrected chi connectivity index (χ2v) is 5.94. The Bertz CT molecular complexity index is 808. The molecule has 4 rings (SSSR count). The fraction of sp³-hybridized carbons (Fsp3) is 0.222. The van der Waals surface area contributed by atoms with Crippen molar-refractivity contribution in [1.82, 2.24) is 14.8 Å². The Morgan fingerprint density at radius 2 is 1.74 bits per heavy atom. The van der Waals surface area contributed by atoms with Gasteiger partial charge in [0.15, 0.2) is 0 Å². The molecular formula is C18H17FN4. The molecule has 0 unspecified atom stereocenters. The second kappa shape index (κ2) is 5.50. The van der Waals surface area contributed by atoms with E-state index in [9.17, 15) is 4.39 Å². The third-order valence-electron chi connectivity index (χ3n) is 4.37. The van der Waals surface area contributed by atoms with E-state index < -0.39 is 0 Å². The fourth-order valence-electron chi connectivity index (χ4n) is 3.10. The summed E-state index contributed by atoms with van der Waals surface area (Å²) in [7, 11) is 0. The molecule has 1 aromatic heterocycles. The van der Waals surface area contributed by atoms with Crippen LogP contribution in [0.4, 0.5) is 10.3 Å². The number of hydrogen-bond acceptors (Lipinski definition) is 3. The van der Waals surface area contributed by atoms with Crippen LogP contribution < -0.4 is 5.32 Å². The average molecular weight is 308 g/mol. The van der Waals surface area contributed by atoms with Gasteiger partial charge >= 0.3 is 0 Å². The molecule has 3 aromatic rings. The van der Waals surface area contributed by atoms with Crippen LogP contribution in [-0.4, -0.2) is 14.8 Å². The van der Waals surface area contributed by atoms with Gasteiger partial charge in [0.1, 0.15) is 12.1 Å². The first-order valence-electron chi connectivity index (χ1n) is 7.69. The second-order valence-electron chi connectivity index (χ2n) is 5.94. The van der Waals surface area contributed by atoms with Gasteiger partial charge < -0.3 is 5.32 Å². The Kier molecular flexibility index (Phi) is 3.33. The van der Waals surface area contributed by atoms with Gasteiger partial charge in [-0.3, -0.25) is 0 Å². The molecule has 2 atom stereocenters. The van der Waals surface area contributed by atoms with E-state index in [0.717, 1.165) is 17.9 Å². The Balaban J connectivity index is 1.71. The standard InChI is InChI=1S/C18H17FN4/c1-12-2-4-14(5-3-12)17-10-16(13-6-8-15(19)9-7-13)22-18-20-11-21-23(17)18/h2-9,11,16-17H,10H2,1H3,(H,20,21,22)/t16-,17-/m1/s1. The van der Waals surface area contributed by atoms with Gasteiger partial charge in [0, 0.05) is 0 Å². The number of anilines is 1. The van der Waals surface area contributed by atoms with Crippen LogP contribution in [0.25, 0.3) is 0 Å². The number of aromatic nitrogens is 3. The van der Waals surface area contributed by atoms with E-state index in [1.807, 2.05) is 16.8 Å². The minimum Gasteiger partial charge on any atom is -0.348 e. The van der Waals surface area contributed by atoms with Crippen molar-refractivity contribution in [2.75, 3.05) is 5.32 Å². The van der Waals surface area contributed by atoms with Crippen molar-refractivity contribution in [3.63, 3.8) is 0 Å². The molecular weight excluding hydrogens is 291 g/mol. The normalized spacial score (nSPS) is 19.9. The highest BCUT2D eigenvalue weighted by Crippen LogP contribution is 2.37. The Morgan fingerprint density at radius 1 is 1.04 bits per heavy atom. The average Bonchev–Trinajstić information content (AvgIpc) is 3.04. The van der Waals surface area contributed by atoms with Crippen LogP contribution in [0.15, 0.2) is 54.9 Å². The predicted molar refractivity (Wildman–Crippen MR) is 86.7 cm³/mol. The number of fused-ring (bicyclic) bond motifs is 1.